The Kier molecular flexibility index (Phi) is 2.56. The van der Waals surface area contributed by atoms with Crippen molar-refractivity contribution in [3.8, 4) is 0 Å². The van der Waals surface area contributed by atoms with E-state index in [2.05, 4.69) is 37.4 Å². The van der Waals surface area contributed by atoms with E-state index < -0.39 is 0 Å². The highest BCUT2D eigenvalue weighted by Crippen LogP contribution is 2.30. The second-order valence-corrected chi connectivity index (χ2v) is 5.43. The van der Waals surface area contributed by atoms with Crippen molar-refractivity contribution < 1.29 is 0 Å². The molecule has 0 radical (unpaired) electrons. The van der Waals surface area contributed by atoms with Gasteiger partial charge >= 0.3 is 0 Å². The summed E-state index contributed by atoms with van der Waals surface area (Å²) in [4.78, 5) is 6.69. The van der Waals surface area contributed by atoms with Crippen molar-refractivity contribution in [2.24, 2.45) is 7.05 Å². The third-order valence-corrected chi connectivity index (χ3v) is 3.89. The summed E-state index contributed by atoms with van der Waals surface area (Å²) in [7, 11) is 1.95. The second-order valence-electron chi connectivity index (χ2n) is 5.43. The molecular formula is C14H16N6. The van der Waals surface area contributed by atoms with Crippen LogP contribution in [-0.2, 0) is 13.6 Å². The normalized spacial score (nSPS) is 16.6. The molecule has 6 heteroatoms. The molecule has 20 heavy (non-hydrogen) atoms. The minimum absolute atomic E-state index is 0.529. The number of hydrogen-bond donors (Lipinski definition) is 1. The van der Waals surface area contributed by atoms with Crippen LogP contribution in [0, 0.1) is 0 Å². The van der Waals surface area contributed by atoms with E-state index in [0.29, 0.717) is 5.92 Å². The van der Waals surface area contributed by atoms with Crippen LogP contribution in [0.1, 0.15) is 17.2 Å². The number of aromatic nitrogens is 5. The van der Waals surface area contributed by atoms with Gasteiger partial charge in [0.15, 0.2) is 5.65 Å². The molecule has 3 aromatic rings. The summed E-state index contributed by atoms with van der Waals surface area (Å²) in [5, 5.41) is 12.8. The molecule has 0 aromatic carbocycles. The van der Waals surface area contributed by atoms with E-state index in [1.807, 2.05) is 24.0 Å². The molecule has 0 amide bonds. The molecule has 3 aromatic heterocycles. The number of fused-ring (bicyclic) bond motifs is 1. The molecule has 0 saturated carbocycles. The number of aromatic amines is 1. The molecular weight excluding hydrogens is 252 g/mol. The highest BCUT2D eigenvalue weighted by molar-refractivity contribution is 5.78. The molecule has 0 unspecified atom stereocenters. The summed E-state index contributed by atoms with van der Waals surface area (Å²) in [6, 6.07) is 4.05. The van der Waals surface area contributed by atoms with Crippen LogP contribution in [0.4, 0.5) is 0 Å². The maximum Gasteiger partial charge on any atom is 0.181 e. The molecule has 0 aliphatic carbocycles. The summed E-state index contributed by atoms with van der Waals surface area (Å²) in [6.07, 6.45) is 5.79. The average molecular weight is 268 g/mol. The van der Waals surface area contributed by atoms with Gasteiger partial charge in [-0.1, -0.05) is 0 Å². The number of rotatable bonds is 3. The summed E-state index contributed by atoms with van der Waals surface area (Å²) in [5.41, 5.74) is 3.30. The SMILES string of the molecule is Cn1cc(CN2CC(c3[nH]nc4ncccc34)C2)cn1. The van der Waals surface area contributed by atoms with Crippen molar-refractivity contribution in [3.63, 3.8) is 0 Å². The third kappa shape index (κ3) is 1.89. The van der Waals surface area contributed by atoms with E-state index in [9.17, 15) is 0 Å². The Hall–Kier alpha value is -2.21. The highest BCUT2D eigenvalue weighted by atomic mass is 15.3. The van der Waals surface area contributed by atoms with Crippen molar-refractivity contribution >= 4 is 11.0 Å². The second kappa shape index (κ2) is 4.42. The van der Waals surface area contributed by atoms with Gasteiger partial charge in [0, 0.05) is 55.9 Å². The van der Waals surface area contributed by atoms with Crippen LogP contribution in [0.25, 0.3) is 11.0 Å². The molecule has 4 rings (SSSR count). The first-order chi connectivity index (χ1) is 9.79. The summed E-state index contributed by atoms with van der Waals surface area (Å²) in [6.45, 7) is 3.08. The van der Waals surface area contributed by atoms with Gasteiger partial charge in [-0.15, -0.1) is 0 Å². The standard InChI is InChI=1S/C14H16N6/c1-19-6-10(5-16-19)7-20-8-11(9-20)13-12-3-2-4-15-14(12)18-17-13/h2-6,11H,7-9H2,1H3,(H,15,17,18). The fourth-order valence-electron chi connectivity index (χ4n) is 2.87. The van der Waals surface area contributed by atoms with Gasteiger partial charge in [-0.05, 0) is 12.1 Å². The molecule has 1 aliphatic heterocycles. The fourth-order valence-corrected chi connectivity index (χ4v) is 2.87. The van der Waals surface area contributed by atoms with Crippen LogP contribution in [-0.4, -0.2) is 43.0 Å². The number of likely N-dealkylation sites (tertiary alicyclic amines) is 1. The van der Waals surface area contributed by atoms with Gasteiger partial charge in [-0.2, -0.15) is 10.2 Å². The first-order valence-corrected chi connectivity index (χ1v) is 6.78. The lowest BCUT2D eigenvalue weighted by atomic mass is 9.94. The van der Waals surface area contributed by atoms with E-state index in [-0.39, 0.29) is 0 Å². The minimum atomic E-state index is 0.529. The Morgan fingerprint density at radius 2 is 2.30 bits per heavy atom. The summed E-state index contributed by atoms with van der Waals surface area (Å²) >= 11 is 0. The number of nitrogens with zero attached hydrogens (tertiary/aromatic N) is 5. The van der Waals surface area contributed by atoms with Gasteiger partial charge in [0.2, 0.25) is 0 Å². The van der Waals surface area contributed by atoms with Gasteiger partial charge < -0.3 is 0 Å². The molecule has 1 fully saturated rings. The zero-order chi connectivity index (χ0) is 13.5. The van der Waals surface area contributed by atoms with Crippen molar-refractivity contribution in [1.29, 1.82) is 0 Å². The lowest BCUT2D eigenvalue weighted by Gasteiger charge is -2.38. The van der Waals surface area contributed by atoms with E-state index in [1.54, 1.807) is 6.20 Å². The summed E-state index contributed by atoms with van der Waals surface area (Å²) < 4.78 is 1.85. The predicted molar refractivity (Wildman–Crippen MR) is 75.1 cm³/mol. The average Bonchev–Trinajstić information content (AvgIpc) is 3.00. The topological polar surface area (TPSA) is 62.6 Å². The molecule has 0 atom stereocenters. The first kappa shape index (κ1) is 11.6. The van der Waals surface area contributed by atoms with Crippen LogP contribution in [0.15, 0.2) is 30.7 Å². The lowest BCUT2D eigenvalue weighted by Crippen LogP contribution is -2.44. The molecule has 0 bridgehead atoms. The molecule has 1 aliphatic rings. The van der Waals surface area contributed by atoms with Crippen molar-refractivity contribution in [1.82, 2.24) is 29.9 Å². The smallest absolute Gasteiger partial charge is 0.181 e. The monoisotopic (exact) mass is 268 g/mol. The van der Waals surface area contributed by atoms with Crippen molar-refractivity contribution in [2.45, 2.75) is 12.5 Å². The molecule has 102 valence electrons. The molecule has 1 N–H and O–H groups in total. The Labute approximate surface area is 116 Å². The summed E-state index contributed by atoms with van der Waals surface area (Å²) in [5.74, 6) is 0.529. The highest BCUT2D eigenvalue weighted by Gasteiger charge is 2.30. The van der Waals surface area contributed by atoms with Crippen molar-refractivity contribution in [3.05, 3.63) is 42.0 Å². The van der Waals surface area contributed by atoms with Crippen molar-refractivity contribution in [2.75, 3.05) is 13.1 Å². The van der Waals surface area contributed by atoms with Gasteiger partial charge in [0.25, 0.3) is 0 Å². The Bertz CT molecular complexity index is 737. The number of H-pyrrole nitrogens is 1. The van der Waals surface area contributed by atoms with E-state index in [0.717, 1.165) is 30.7 Å². The Balaban J connectivity index is 1.46. The molecule has 6 nitrogen and oxygen atoms in total. The Morgan fingerprint density at radius 3 is 3.10 bits per heavy atom. The fraction of sp³-hybridized carbons (Fsp3) is 0.357. The van der Waals surface area contributed by atoms with Crippen LogP contribution >= 0.6 is 0 Å². The van der Waals surface area contributed by atoms with E-state index in [1.165, 1.54) is 11.3 Å². The van der Waals surface area contributed by atoms with Crippen LogP contribution in [0.2, 0.25) is 0 Å². The maximum atomic E-state index is 4.27. The van der Waals surface area contributed by atoms with Gasteiger partial charge in [-0.3, -0.25) is 14.7 Å². The van der Waals surface area contributed by atoms with Gasteiger partial charge in [0.05, 0.1) is 11.9 Å². The molecule has 4 heterocycles. The first-order valence-electron chi connectivity index (χ1n) is 6.78. The van der Waals surface area contributed by atoms with Crippen LogP contribution in [0.3, 0.4) is 0 Å². The molecule has 1 saturated heterocycles. The quantitative estimate of drug-likeness (QED) is 0.777. The maximum absolute atomic E-state index is 4.27. The lowest BCUT2D eigenvalue weighted by molar-refractivity contribution is 0.138. The largest absolute Gasteiger partial charge is 0.298 e. The molecule has 0 spiro atoms. The number of hydrogen-bond acceptors (Lipinski definition) is 4. The number of pyridine rings is 1. The van der Waals surface area contributed by atoms with E-state index >= 15 is 0 Å². The number of aryl methyl sites for hydroxylation is 1. The minimum Gasteiger partial charge on any atom is -0.298 e. The van der Waals surface area contributed by atoms with Crippen LogP contribution in [0.5, 0.6) is 0 Å². The Morgan fingerprint density at radius 1 is 1.40 bits per heavy atom. The van der Waals surface area contributed by atoms with Gasteiger partial charge in [0.1, 0.15) is 0 Å². The van der Waals surface area contributed by atoms with Gasteiger partial charge in [-0.25, -0.2) is 4.98 Å². The zero-order valence-corrected chi connectivity index (χ0v) is 11.3. The van der Waals surface area contributed by atoms with E-state index in [4.69, 9.17) is 0 Å². The van der Waals surface area contributed by atoms with Crippen LogP contribution < -0.4 is 0 Å². The zero-order valence-electron chi connectivity index (χ0n) is 11.3. The predicted octanol–water partition coefficient (Wildman–Crippen LogP) is 1.29. The third-order valence-electron chi connectivity index (χ3n) is 3.89. The number of nitrogens with one attached hydrogen (secondary N) is 1.